The molecule has 0 bridgehead atoms. The number of rotatable bonds is 9. The highest BCUT2D eigenvalue weighted by molar-refractivity contribution is 7.99. The Hall–Kier alpha value is -2.80. The molecule has 2 aromatic carbocycles. The van der Waals surface area contributed by atoms with Gasteiger partial charge in [-0.25, -0.2) is 0 Å². The summed E-state index contributed by atoms with van der Waals surface area (Å²) in [5.74, 6) is 1.85. The van der Waals surface area contributed by atoms with Crippen LogP contribution < -0.4 is 10.1 Å². The average Bonchev–Trinajstić information content (AvgIpc) is 3.06. The van der Waals surface area contributed by atoms with Crippen LogP contribution in [0.25, 0.3) is 0 Å². The van der Waals surface area contributed by atoms with Crippen molar-refractivity contribution in [3.8, 4) is 5.75 Å². The molecule has 6 nitrogen and oxygen atoms in total. The monoisotopic (exact) mass is 410 g/mol. The molecule has 7 heteroatoms. The number of nitrogens with zero attached hydrogens (tertiary/aromatic N) is 3. The van der Waals surface area contributed by atoms with Gasteiger partial charge in [0.2, 0.25) is 5.91 Å². The first-order valence-corrected chi connectivity index (χ1v) is 10.5. The van der Waals surface area contributed by atoms with Crippen LogP contribution >= 0.6 is 11.8 Å². The van der Waals surface area contributed by atoms with E-state index in [1.165, 1.54) is 22.9 Å². The summed E-state index contributed by atoms with van der Waals surface area (Å²) in [4.78, 5) is 12.1. The molecule has 0 radical (unpaired) electrons. The molecule has 0 aliphatic heterocycles. The minimum Gasteiger partial charge on any atom is -0.485 e. The maximum atomic E-state index is 12.1. The van der Waals surface area contributed by atoms with Gasteiger partial charge in [-0.2, -0.15) is 0 Å². The molecule has 0 saturated heterocycles. The predicted octanol–water partition coefficient (Wildman–Crippen LogP) is 3.46. The number of aryl methyl sites for hydroxylation is 2. The number of aromatic nitrogens is 3. The molecule has 1 aromatic heterocycles. The fourth-order valence-electron chi connectivity index (χ4n) is 2.87. The zero-order valence-electron chi connectivity index (χ0n) is 17.0. The molecule has 0 atom stereocenters. The normalized spacial score (nSPS) is 10.7. The molecule has 1 amide bonds. The molecule has 1 heterocycles. The van der Waals surface area contributed by atoms with E-state index < -0.39 is 0 Å². The van der Waals surface area contributed by atoms with Gasteiger partial charge in [0.05, 0.1) is 5.75 Å². The first kappa shape index (κ1) is 20.9. The molecule has 1 N–H and O–H groups in total. The van der Waals surface area contributed by atoms with Gasteiger partial charge in [0.25, 0.3) is 0 Å². The Kier molecular flexibility index (Phi) is 7.30. The second-order valence-electron chi connectivity index (χ2n) is 6.89. The van der Waals surface area contributed by atoms with Crippen molar-refractivity contribution in [3.63, 3.8) is 0 Å². The minimum atomic E-state index is -0.0120. The van der Waals surface area contributed by atoms with Gasteiger partial charge in [0.1, 0.15) is 12.4 Å². The van der Waals surface area contributed by atoms with Gasteiger partial charge in [0.15, 0.2) is 11.0 Å². The Morgan fingerprint density at radius 1 is 1.14 bits per heavy atom. The van der Waals surface area contributed by atoms with Gasteiger partial charge in [-0.05, 0) is 37.5 Å². The van der Waals surface area contributed by atoms with Crippen LogP contribution in [0.15, 0.2) is 53.7 Å². The van der Waals surface area contributed by atoms with E-state index in [4.69, 9.17) is 4.74 Å². The summed E-state index contributed by atoms with van der Waals surface area (Å²) in [5.41, 5.74) is 3.50. The maximum Gasteiger partial charge on any atom is 0.230 e. The number of ether oxygens (including phenoxy) is 1. The second kappa shape index (κ2) is 10.1. The van der Waals surface area contributed by atoms with Crippen LogP contribution in [0, 0.1) is 13.8 Å². The van der Waals surface area contributed by atoms with Gasteiger partial charge >= 0.3 is 0 Å². The first-order valence-electron chi connectivity index (χ1n) is 9.54. The molecule has 152 valence electrons. The molecule has 0 spiro atoms. The number of carbonyl (C=O) groups is 1. The quantitative estimate of drug-likeness (QED) is 0.547. The maximum absolute atomic E-state index is 12.1. The minimum absolute atomic E-state index is 0.0120. The number of hydrogen-bond donors (Lipinski definition) is 1. The van der Waals surface area contributed by atoms with Crippen LogP contribution in [0.4, 0.5) is 0 Å². The summed E-state index contributed by atoms with van der Waals surface area (Å²) in [7, 11) is 1.89. The van der Waals surface area contributed by atoms with Crippen LogP contribution in [-0.2, 0) is 24.9 Å². The zero-order valence-corrected chi connectivity index (χ0v) is 17.8. The third-order valence-corrected chi connectivity index (χ3v) is 5.54. The molecule has 3 rings (SSSR count). The molecule has 0 saturated carbocycles. The summed E-state index contributed by atoms with van der Waals surface area (Å²) in [6.45, 7) is 5.03. The van der Waals surface area contributed by atoms with Crippen molar-refractivity contribution >= 4 is 17.7 Å². The predicted molar refractivity (Wildman–Crippen MR) is 115 cm³/mol. The van der Waals surface area contributed by atoms with E-state index in [1.807, 2.05) is 48.9 Å². The zero-order chi connectivity index (χ0) is 20.6. The van der Waals surface area contributed by atoms with Crippen LogP contribution in [0.1, 0.15) is 22.5 Å². The van der Waals surface area contributed by atoms with Crippen LogP contribution in [-0.4, -0.2) is 33.0 Å². The number of hydrogen-bond acceptors (Lipinski definition) is 5. The molecule has 0 aliphatic carbocycles. The molecule has 29 heavy (non-hydrogen) atoms. The van der Waals surface area contributed by atoms with E-state index in [1.54, 1.807) is 0 Å². The fraction of sp³-hybridized carbons (Fsp3) is 0.318. The number of benzene rings is 2. The lowest BCUT2D eigenvalue weighted by atomic mass is 10.1. The van der Waals surface area contributed by atoms with Crippen molar-refractivity contribution < 1.29 is 9.53 Å². The number of carbonyl (C=O) groups excluding carboxylic acids is 1. The Balaban J connectivity index is 1.44. The van der Waals surface area contributed by atoms with Crippen LogP contribution in [0.2, 0.25) is 0 Å². The van der Waals surface area contributed by atoms with E-state index in [9.17, 15) is 4.79 Å². The Morgan fingerprint density at radius 3 is 2.69 bits per heavy atom. The third kappa shape index (κ3) is 6.09. The highest BCUT2D eigenvalue weighted by Gasteiger charge is 2.12. The SMILES string of the molecule is Cc1ccc(OCc2nnc(SCC(=O)NCCc3ccccc3)n2C)c(C)c1. The van der Waals surface area contributed by atoms with Gasteiger partial charge in [-0.15, -0.1) is 10.2 Å². The standard InChI is InChI=1S/C22H26N4O2S/c1-16-9-10-19(17(2)13-16)28-14-20-24-25-22(26(20)3)29-15-21(27)23-12-11-18-7-5-4-6-8-18/h4-10,13H,11-12,14-15H2,1-3H3,(H,23,27). The van der Waals surface area contributed by atoms with Crippen molar-refractivity contribution in [2.45, 2.75) is 32.0 Å². The lowest BCUT2D eigenvalue weighted by molar-refractivity contribution is -0.118. The molecule has 0 unspecified atom stereocenters. The molecule has 3 aromatic rings. The first-order chi connectivity index (χ1) is 14.0. The van der Waals surface area contributed by atoms with E-state index in [-0.39, 0.29) is 5.91 Å². The number of amides is 1. The van der Waals surface area contributed by atoms with Crippen molar-refractivity contribution in [1.82, 2.24) is 20.1 Å². The van der Waals surface area contributed by atoms with Crippen molar-refractivity contribution in [3.05, 3.63) is 71.0 Å². The fourth-order valence-corrected chi connectivity index (χ4v) is 3.63. The highest BCUT2D eigenvalue weighted by Crippen LogP contribution is 2.21. The smallest absolute Gasteiger partial charge is 0.230 e. The Labute approximate surface area is 175 Å². The number of thioether (sulfide) groups is 1. The highest BCUT2D eigenvalue weighted by atomic mass is 32.2. The van der Waals surface area contributed by atoms with Gasteiger partial charge < -0.3 is 14.6 Å². The third-order valence-electron chi connectivity index (χ3n) is 4.52. The van der Waals surface area contributed by atoms with E-state index in [2.05, 4.69) is 40.6 Å². The lowest BCUT2D eigenvalue weighted by Gasteiger charge is -2.09. The van der Waals surface area contributed by atoms with Gasteiger partial charge in [-0.3, -0.25) is 4.79 Å². The largest absolute Gasteiger partial charge is 0.485 e. The molecular formula is C22H26N4O2S. The molecule has 0 aliphatic rings. The molecule has 0 fully saturated rings. The van der Waals surface area contributed by atoms with Crippen molar-refractivity contribution in [2.24, 2.45) is 7.05 Å². The van der Waals surface area contributed by atoms with E-state index >= 15 is 0 Å². The second-order valence-corrected chi connectivity index (χ2v) is 7.83. The van der Waals surface area contributed by atoms with E-state index in [0.717, 1.165) is 23.6 Å². The Bertz CT molecular complexity index is 957. The molecular weight excluding hydrogens is 384 g/mol. The summed E-state index contributed by atoms with van der Waals surface area (Å²) in [6.07, 6.45) is 0.821. The van der Waals surface area contributed by atoms with Crippen LogP contribution in [0.5, 0.6) is 5.75 Å². The topological polar surface area (TPSA) is 69.0 Å². The summed E-state index contributed by atoms with van der Waals surface area (Å²) >= 11 is 1.37. The summed E-state index contributed by atoms with van der Waals surface area (Å²) in [5, 5.41) is 12.0. The number of nitrogens with one attached hydrogen (secondary N) is 1. The van der Waals surface area contributed by atoms with E-state index in [0.29, 0.717) is 24.1 Å². The summed E-state index contributed by atoms with van der Waals surface area (Å²) in [6, 6.07) is 16.2. The lowest BCUT2D eigenvalue weighted by Crippen LogP contribution is -2.27. The Morgan fingerprint density at radius 2 is 1.93 bits per heavy atom. The summed E-state index contributed by atoms with van der Waals surface area (Å²) < 4.78 is 7.75. The van der Waals surface area contributed by atoms with Crippen molar-refractivity contribution in [1.29, 1.82) is 0 Å². The van der Waals surface area contributed by atoms with Gasteiger partial charge in [-0.1, -0.05) is 59.8 Å². The van der Waals surface area contributed by atoms with Gasteiger partial charge in [0, 0.05) is 13.6 Å². The van der Waals surface area contributed by atoms with Crippen molar-refractivity contribution in [2.75, 3.05) is 12.3 Å². The average molecular weight is 411 g/mol. The van der Waals surface area contributed by atoms with Crippen LogP contribution in [0.3, 0.4) is 0 Å².